The second-order valence-corrected chi connectivity index (χ2v) is 15.7. The van der Waals surface area contributed by atoms with Crippen LogP contribution in [-0.4, -0.2) is 48.5 Å². The van der Waals surface area contributed by atoms with Gasteiger partial charge >= 0.3 is 0 Å². The Morgan fingerprint density at radius 1 is 1.02 bits per heavy atom. The minimum Gasteiger partial charge on any atom is -0.490 e. The predicted molar refractivity (Wildman–Crippen MR) is 211 cm³/mol. The summed E-state index contributed by atoms with van der Waals surface area (Å²) in [4.78, 5) is 7.02. The molecule has 7 nitrogen and oxygen atoms in total. The molecule has 3 N–H and O–H groups in total. The first-order valence-electron chi connectivity index (χ1n) is 19.3. The maximum Gasteiger partial charge on any atom is 0.127 e. The zero-order chi connectivity index (χ0) is 36.4. The molecule has 51 heavy (non-hydrogen) atoms. The molecule has 0 saturated heterocycles. The van der Waals surface area contributed by atoms with Crippen LogP contribution in [0.15, 0.2) is 73.3 Å². The lowest BCUT2D eigenvalue weighted by atomic mass is 9.73. The first kappa shape index (κ1) is 39.0. The van der Waals surface area contributed by atoms with Gasteiger partial charge in [0.2, 0.25) is 0 Å². The van der Waals surface area contributed by atoms with Gasteiger partial charge in [-0.1, -0.05) is 57.2 Å². The van der Waals surface area contributed by atoms with Gasteiger partial charge in [0.15, 0.2) is 0 Å². The summed E-state index contributed by atoms with van der Waals surface area (Å²) in [6.07, 6.45) is 12.4. The lowest BCUT2D eigenvalue weighted by molar-refractivity contribution is -0.116. The van der Waals surface area contributed by atoms with Gasteiger partial charge in [0.25, 0.3) is 0 Å². The fraction of sp³-hybridized carbons (Fsp3) is 0.558. The van der Waals surface area contributed by atoms with E-state index < -0.39 is 5.60 Å². The van der Waals surface area contributed by atoms with E-state index in [4.69, 9.17) is 21.1 Å². The zero-order valence-electron chi connectivity index (χ0n) is 31.6. The van der Waals surface area contributed by atoms with Crippen molar-refractivity contribution >= 4 is 17.3 Å². The van der Waals surface area contributed by atoms with E-state index in [9.17, 15) is 5.11 Å². The molecule has 2 aliphatic carbocycles. The summed E-state index contributed by atoms with van der Waals surface area (Å²) in [5.74, 6) is 3.35. The minimum absolute atomic E-state index is 0.253. The molecule has 0 amide bonds. The number of halogens is 1. The van der Waals surface area contributed by atoms with E-state index in [1.807, 2.05) is 24.5 Å². The number of aromatic nitrogens is 1. The third-order valence-electron chi connectivity index (χ3n) is 11.1. The zero-order valence-corrected chi connectivity index (χ0v) is 32.4. The van der Waals surface area contributed by atoms with Crippen LogP contribution >= 0.6 is 11.6 Å². The van der Waals surface area contributed by atoms with E-state index >= 15 is 0 Å². The van der Waals surface area contributed by atoms with Crippen LogP contribution in [0.5, 0.6) is 5.75 Å². The molecule has 5 rings (SSSR count). The second kappa shape index (κ2) is 18.5. The molecule has 2 saturated carbocycles. The summed E-state index contributed by atoms with van der Waals surface area (Å²) >= 11 is 6.83. The van der Waals surface area contributed by atoms with Crippen LogP contribution in [0.2, 0.25) is 5.02 Å². The van der Waals surface area contributed by atoms with Crippen molar-refractivity contribution in [3.63, 3.8) is 0 Å². The van der Waals surface area contributed by atoms with Gasteiger partial charge in [-0.2, -0.15) is 0 Å². The average Bonchev–Trinajstić information content (AvgIpc) is 3.93. The molecule has 278 valence electrons. The van der Waals surface area contributed by atoms with Crippen molar-refractivity contribution in [1.29, 1.82) is 0 Å². The first-order valence-corrected chi connectivity index (χ1v) is 19.7. The number of aliphatic hydroxyl groups excluding tert-OH is 1. The Morgan fingerprint density at radius 2 is 1.80 bits per heavy atom. The highest BCUT2D eigenvalue weighted by atomic mass is 35.5. The molecule has 1 aromatic heterocycles. The van der Waals surface area contributed by atoms with Gasteiger partial charge in [-0.05, 0) is 124 Å². The van der Waals surface area contributed by atoms with Gasteiger partial charge in [0, 0.05) is 66.5 Å². The van der Waals surface area contributed by atoms with Crippen LogP contribution in [0.1, 0.15) is 97.1 Å². The number of unbranched alkanes of at least 4 members (excludes halogenated alkanes) is 1. The van der Waals surface area contributed by atoms with Crippen LogP contribution in [0.25, 0.3) is 11.1 Å². The topological polar surface area (TPSA) is 78.9 Å². The second-order valence-electron chi connectivity index (χ2n) is 15.3. The number of hydrogen-bond acceptors (Lipinski definition) is 7. The van der Waals surface area contributed by atoms with Crippen LogP contribution in [0.3, 0.4) is 0 Å². The van der Waals surface area contributed by atoms with Crippen LogP contribution in [-0.2, 0) is 16.9 Å². The lowest BCUT2D eigenvalue weighted by Gasteiger charge is -2.43. The van der Waals surface area contributed by atoms with E-state index in [1.54, 1.807) is 0 Å². The molecule has 3 atom stereocenters. The highest BCUT2D eigenvalue weighted by molar-refractivity contribution is 6.31. The van der Waals surface area contributed by atoms with E-state index in [2.05, 4.69) is 98.1 Å². The number of nitrogens with zero attached hydrogens (tertiary/aromatic N) is 2. The van der Waals surface area contributed by atoms with E-state index in [1.165, 1.54) is 5.69 Å². The highest BCUT2D eigenvalue weighted by Gasteiger charge is 2.42. The quantitative estimate of drug-likeness (QED) is 0.0895. The number of aliphatic hydroxyl groups is 1. The molecule has 8 heteroatoms. The van der Waals surface area contributed by atoms with Crippen molar-refractivity contribution in [3.05, 3.63) is 89.5 Å². The largest absolute Gasteiger partial charge is 0.490 e. The Morgan fingerprint density at radius 3 is 2.51 bits per heavy atom. The summed E-state index contributed by atoms with van der Waals surface area (Å²) in [7, 11) is 0. The lowest BCUT2D eigenvalue weighted by Crippen LogP contribution is -2.38. The molecule has 0 bridgehead atoms. The Bertz CT molecular complexity index is 1560. The van der Waals surface area contributed by atoms with Gasteiger partial charge in [0.1, 0.15) is 5.75 Å². The summed E-state index contributed by atoms with van der Waals surface area (Å²) < 4.78 is 13.2. The Hall–Kier alpha value is -3.26. The molecule has 2 aliphatic rings. The standard InChI is InChI=1S/C43H61ClN4O3/c1-30(2)48(24-10-9-22-46-34(6)47-27-32(4)33(5)31(3)19-25-49)36-14-17-41(44)35(26-36)29-50-43(20-11-21-43)40-28-45-23-18-38(40)39-12-7-8-13-42(39)51-37-15-16-37/h7-8,12-14,17-18,23,26,28,30-33,37,46-47,49H,6,9-11,15-16,19-22,24-25,27,29H2,1-5H3. The monoisotopic (exact) mass is 716 g/mol. The van der Waals surface area contributed by atoms with Gasteiger partial charge in [-0.3, -0.25) is 4.98 Å². The number of benzene rings is 2. The maximum absolute atomic E-state index is 9.28. The number of rotatable bonds is 22. The number of hydrogen-bond donors (Lipinski definition) is 3. The molecule has 0 radical (unpaired) electrons. The van der Waals surface area contributed by atoms with Crippen molar-refractivity contribution in [1.82, 2.24) is 15.6 Å². The molecule has 2 fully saturated rings. The molecule has 3 unspecified atom stereocenters. The molecule has 0 spiro atoms. The maximum atomic E-state index is 9.28. The van der Waals surface area contributed by atoms with Crippen molar-refractivity contribution in [2.75, 3.05) is 31.1 Å². The van der Waals surface area contributed by atoms with Gasteiger partial charge < -0.3 is 30.1 Å². The summed E-state index contributed by atoms with van der Waals surface area (Å²) in [5, 5.41) is 16.9. The SMILES string of the molecule is C=C(NCCCCN(c1ccc(Cl)c(COC2(c3cnccc3-c3ccccc3OC3CC3)CCC2)c1)C(C)C)NCC(C)C(C)C(C)CCO. The van der Waals surface area contributed by atoms with Crippen LogP contribution < -0.4 is 20.3 Å². The molecule has 3 aromatic rings. The number of anilines is 1. The first-order chi connectivity index (χ1) is 24.6. The van der Waals surface area contributed by atoms with Crippen LogP contribution in [0, 0.1) is 17.8 Å². The van der Waals surface area contributed by atoms with E-state index in [0.29, 0.717) is 36.5 Å². The average molecular weight is 717 g/mol. The van der Waals surface area contributed by atoms with E-state index in [0.717, 1.165) is 110 Å². The summed E-state index contributed by atoms with van der Waals surface area (Å²) in [6.45, 7) is 18.8. The minimum atomic E-state index is -0.409. The Balaban J connectivity index is 1.16. The van der Waals surface area contributed by atoms with Crippen molar-refractivity contribution in [2.45, 2.75) is 110 Å². The normalized spacial score (nSPS) is 16.9. The number of pyridine rings is 1. The Labute approximate surface area is 312 Å². The number of ether oxygens (including phenoxy) is 2. The van der Waals surface area contributed by atoms with Crippen molar-refractivity contribution in [3.8, 4) is 16.9 Å². The van der Waals surface area contributed by atoms with Crippen molar-refractivity contribution < 1.29 is 14.6 Å². The van der Waals surface area contributed by atoms with Gasteiger partial charge in [-0.25, -0.2) is 0 Å². The molecular weight excluding hydrogens is 656 g/mol. The third-order valence-corrected chi connectivity index (χ3v) is 11.5. The molecule has 2 aromatic carbocycles. The van der Waals surface area contributed by atoms with Gasteiger partial charge in [0.05, 0.1) is 24.1 Å². The third kappa shape index (κ3) is 10.4. The predicted octanol–water partition coefficient (Wildman–Crippen LogP) is 9.48. The van der Waals surface area contributed by atoms with Gasteiger partial charge in [-0.15, -0.1) is 0 Å². The molecule has 1 heterocycles. The number of para-hydroxylation sites is 1. The fourth-order valence-electron chi connectivity index (χ4n) is 7.10. The highest BCUT2D eigenvalue weighted by Crippen LogP contribution is 2.50. The summed E-state index contributed by atoms with van der Waals surface area (Å²) in [5.41, 5.74) is 5.13. The number of nitrogens with one attached hydrogen (secondary N) is 2. The summed E-state index contributed by atoms with van der Waals surface area (Å²) in [6, 6.07) is 17.2. The van der Waals surface area contributed by atoms with E-state index in [-0.39, 0.29) is 6.61 Å². The fourth-order valence-corrected chi connectivity index (χ4v) is 7.27. The van der Waals surface area contributed by atoms with Crippen molar-refractivity contribution in [2.24, 2.45) is 17.8 Å². The Kier molecular flexibility index (Phi) is 14.1. The van der Waals surface area contributed by atoms with Crippen LogP contribution in [0.4, 0.5) is 5.69 Å². The molecular formula is C43H61ClN4O3. The molecule has 0 aliphatic heterocycles. The smallest absolute Gasteiger partial charge is 0.127 e.